The van der Waals surface area contributed by atoms with E-state index in [1.807, 2.05) is 67.6 Å². The number of nitrogens with zero attached hydrogens (tertiary/aromatic N) is 2. The van der Waals surface area contributed by atoms with Gasteiger partial charge in [-0.1, -0.05) is 66.4 Å². The maximum absolute atomic E-state index is 13.6. The molecule has 3 aromatic carbocycles. The summed E-state index contributed by atoms with van der Waals surface area (Å²) >= 11 is 1.20. The fraction of sp³-hybridized carbons (Fsp3) is 0.179. The Hall–Kier alpha value is -3.89. The quantitative estimate of drug-likeness (QED) is 0.381. The molecular formula is C28H24FN3O2S. The van der Waals surface area contributed by atoms with Crippen LogP contribution in [-0.2, 0) is 22.4 Å². The van der Waals surface area contributed by atoms with E-state index in [2.05, 4.69) is 5.32 Å². The molecule has 1 aliphatic heterocycles. The van der Waals surface area contributed by atoms with E-state index in [0.29, 0.717) is 25.1 Å². The summed E-state index contributed by atoms with van der Waals surface area (Å²) in [6, 6.07) is 25.0. The smallest absolute Gasteiger partial charge is 0.264 e. The number of hydrogen-bond donors (Lipinski definition) is 1. The number of thioether (sulfide) groups is 1. The van der Waals surface area contributed by atoms with Crippen LogP contribution in [-0.4, -0.2) is 23.6 Å². The van der Waals surface area contributed by atoms with Crippen LogP contribution in [0, 0.1) is 24.1 Å². The van der Waals surface area contributed by atoms with E-state index in [1.165, 1.54) is 40.9 Å². The van der Waals surface area contributed by atoms with Crippen molar-refractivity contribution < 1.29 is 14.0 Å². The van der Waals surface area contributed by atoms with Crippen LogP contribution in [0.1, 0.15) is 16.7 Å². The molecule has 2 amide bonds. The third kappa shape index (κ3) is 5.61. The molecule has 0 aliphatic carbocycles. The third-order valence-electron chi connectivity index (χ3n) is 5.80. The van der Waals surface area contributed by atoms with Crippen LogP contribution in [0.5, 0.6) is 0 Å². The highest BCUT2D eigenvalue weighted by Gasteiger charge is 2.40. The topological polar surface area (TPSA) is 73.2 Å². The first-order chi connectivity index (χ1) is 17.0. The van der Waals surface area contributed by atoms with E-state index in [0.717, 1.165) is 16.7 Å². The lowest BCUT2D eigenvalue weighted by Gasteiger charge is -2.18. The van der Waals surface area contributed by atoms with Gasteiger partial charge >= 0.3 is 0 Å². The van der Waals surface area contributed by atoms with Crippen molar-refractivity contribution in [2.24, 2.45) is 0 Å². The maximum atomic E-state index is 13.6. The molecule has 0 spiro atoms. The van der Waals surface area contributed by atoms with Crippen molar-refractivity contribution in [1.29, 1.82) is 5.26 Å². The van der Waals surface area contributed by atoms with Crippen LogP contribution in [0.4, 0.5) is 10.1 Å². The Morgan fingerprint density at radius 2 is 1.74 bits per heavy atom. The van der Waals surface area contributed by atoms with E-state index in [4.69, 9.17) is 0 Å². The van der Waals surface area contributed by atoms with Crippen LogP contribution in [0.2, 0.25) is 0 Å². The molecule has 1 atom stereocenters. The molecular weight excluding hydrogens is 461 g/mol. The third-order valence-corrected chi connectivity index (χ3v) is 7.06. The van der Waals surface area contributed by atoms with Crippen molar-refractivity contribution in [3.63, 3.8) is 0 Å². The minimum absolute atomic E-state index is 0.131. The van der Waals surface area contributed by atoms with Crippen LogP contribution in [0.15, 0.2) is 89.5 Å². The lowest BCUT2D eigenvalue weighted by Crippen LogP contribution is -2.32. The number of benzene rings is 3. The molecule has 1 saturated heterocycles. The van der Waals surface area contributed by atoms with Gasteiger partial charge in [0, 0.05) is 12.2 Å². The molecule has 4 rings (SSSR count). The van der Waals surface area contributed by atoms with Gasteiger partial charge in [-0.25, -0.2) is 4.39 Å². The highest BCUT2D eigenvalue weighted by Crippen LogP contribution is 2.42. The summed E-state index contributed by atoms with van der Waals surface area (Å²) < 4.78 is 13.6. The lowest BCUT2D eigenvalue weighted by atomic mass is 10.0. The standard InChI is InChI=1S/C28H24FN3O2S/c1-19-7-5-6-10-21(19)17-25-27(34)32(23-13-11-22(29)12-14-23)28(35-25)24(18-30)26(33)31-16-15-20-8-3-2-4-9-20/h2-14,25H,15-17H2,1H3,(H,31,33)/b28-24-. The van der Waals surface area contributed by atoms with Crippen molar-refractivity contribution in [2.75, 3.05) is 11.4 Å². The van der Waals surface area contributed by atoms with Crippen molar-refractivity contribution in [3.05, 3.63) is 112 Å². The minimum atomic E-state index is -0.539. The Morgan fingerprint density at radius 3 is 2.43 bits per heavy atom. The van der Waals surface area contributed by atoms with Gasteiger partial charge < -0.3 is 5.32 Å². The number of aryl methyl sites for hydroxylation is 1. The molecule has 0 saturated carbocycles. The van der Waals surface area contributed by atoms with Gasteiger partial charge in [0.15, 0.2) is 0 Å². The number of hydrogen-bond acceptors (Lipinski definition) is 4. The summed E-state index contributed by atoms with van der Waals surface area (Å²) in [4.78, 5) is 27.9. The summed E-state index contributed by atoms with van der Waals surface area (Å²) in [5.74, 6) is -1.22. The second kappa shape index (κ2) is 11.0. The maximum Gasteiger partial charge on any atom is 0.264 e. The molecule has 1 N–H and O–H groups in total. The highest BCUT2D eigenvalue weighted by atomic mass is 32.2. The molecule has 5 nitrogen and oxygen atoms in total. The predicted molar refractivity (Wildman–Crippen MR) is 136 cm³/mol. The van der Waals surface area contributed by atoms with Gasteiger partial charge in [0.2, 0.25) is 5.91 Å². The molecule has 1 aliphatic rings. The van der Waals surface area contributed by atoms with Crippen LogP contribution >= 0.6 is 11.8 Å². The van der Waals surface area contributed by atoms with Crippen molar-refractivity contribution in [1.82, 2.24) is 5.32 Å². The van der Waals surface area contributed by atoms with Crippen molar-refractivity contribution in [2.45, 2.75) is 25.0 Å². The van der Waals surface area contributed by atoms with E-state index < -0.39 is 17.0 Å². The average molecular weight is 486 g/mol. The van der Waals surface area contributed by atoms with Gasteiger partial charge in [-0.15, -0.1) is 0 Å². The number of halogens is 1. The monoisotopic (exact) mass is 485 g/mol. The molecule has 1 fully saturated rings. The second-order valence-corrected chi connectivity index (χ2v) is 9.36. The molecule has 7 heteroatoms. The molecule has 0 bridgehead atoms. The second-order valence-electron chi connectivity index (χ2n) is 8.17. The van der Waals surface area contributed by atoms with Gasteiger partial charge in [-0.3, -0.25) is 14.5 Å². The molecule has 3 aromatic rings. The van der Waals surface area contributed by atoms with Gasteiger partial charge in [-0.2, -0.15) is 5.26 Å². The van der Waals surface area contributed by atoms with E-state index in [-0.39, 0.29) is 16.5 Å². The zero-order chi connectivity index (χ0) is 24.8. The molecule has 35 heavy (non-hydrogen) atoms. The normalized spacial score (nSPS) is 16.7. The fourth-order valence-electron chi connectivity index (χ4n) is 3.90. The summed E-state index contributed by atoms with van der Waals surface area (Å²) in [7, 11) is 0. The highest BCUT2D eigenvalue weighted by molar-refractivity contribution is 8.05. The first-order valence-electron chi connectivity index (χ1n) is 11.2. The molecule has 0 aromatic heterocycles. The van der Waals surface area contributed by atoms with Crippen LogP contribution < -0.4 is 10.2 Å². The largest absolute Gasteiger partial charge is 0.351 e. The minimum Gasteiger partial charge on any atom is -0.351 e. The van der Waals surface area contributed by atoms with Crippen LogP contribution in [0.3, 0.4) is 0 Å². The summed E-state index contributed by atoms with van der Waals surface area (Å²) in [5, 5.41) is 12.5. The summed E-state index contributed by atoms with van der Waals surface area (Å²) in [5.41, 5.74) is 3.43. The van der Waals surface area contributed by atoms with Gasteiger partial charge in [0.05, 0.1) is 5.25 Å². The molecule has 1 heterocycles. The first-order valence-corrected chi connectivity index (χ1v) is 12.1. The average Bonchev–Trinajstić information content (AvgIpc) is 3.17. The molecule has 176 valence electrons. The Balaban J connectivity index is 1.62. The van der Waals surface area contributed by atoms with Crippen molar-refractivity contribution in [3.8, 4) is 6.07 Å². The zero-order valence-electron chi connectivity index (χ0n) is 19.2. The Kier molecular flexibility index (Phi) is 7.64. The molecule has 1 unspecified atom stereocenters. The number of carbonyl (C=O) groups is 2. The Morgan fingerprint density at radius 1 is 1.06 bits per heavy atom. The van der Waals surface area contributed by atoms with Crippen molar-refractivity contribution >= 4 is 29.3 Å². The molecule has 0 radical (unpaired) electrons. The number of carbonyl (C=O) groups excluding carboxylic acids is 2. The van der Waals surface area contributed by atoms with E-state index in [1.54, 1.807) is 0 Å². The lowest BCUT2D eigenvalue weighted by molar-refractivity contribution is -0.117. The number of anilines is 1. The number of nitriles is 1. The summed E-state index contributed by atoms with van der Waals surface area (Å²) in [6.07, 6.45) is 1.07. The fourth-order valence-corrected chi connectivity index (χ4v) is 5.20. The van der Waals surface area contributed by atoms with Gasteiger partial charge in [0.25, 0.3) is 5.91 Å². The number of amides is 2. The number of nitrogens with one attached hydrogen (secondary N) is 1. The summed E-state index contributed by atoms with van der Waals surface area (Å²) in [6.45, 7) is 2.33. The van der Waals surface area contributed by atoms with Crippen LogP contribution in [0.25, 0.3) is 0 Å². The van der Waals surface area contributed by atoms with E-state index >= 15 is 0 Å². The number of rotatable bonds is 7. The first kappa shape index (κ1) is 24.2. The SMILES string of the molecule is Cc1ccccc1CC1S/C(=C(/C#N)C(=O)NCCc2ccccc2)N(c2ccc(F)cc2)C1=O. The Bertz CT molecular complexity index is 1300. The zero-order valence-corrected chi connectivity index (χ0v) is 20.0. The van der Waals surface area contributed by atoms with Gasteiger partial charge in [0.1, 0.15) is 22.5 Å². The van der Waals surface area contributed by atoms with Gasteiger partial charge in [-0.05, 0) is 60.7 Å². The Labute approximate surface area is 208 Å². The predicted octanol–water partition coefficient (Wildman–Crippen LogP) is 4.92. The van der Waals surface area contributed by atoms with E-state index in [9.17, 15) is 19.2 Å².